The van der Waals surface area contributed by atoms with Crippen molar-refractivity contribution in [3.05, 3.63) is 24.3 Å². The molecule has 0 fully saturated rings. The van der Waals surface area contributed by atoms with Crippen LogP contribution in [0.4, 0.5) is 0 Å². The van der Waals surface area contributed by atoms with Crippen molar-refractivity contribution in [1.82, 2.24) is 0 Å². The Bertz CT molecular complexity index is 591. The maximum atomic E-state index is 8.74. The van der Waals surface area contributed by atoms with E-state index in [0.717, 1.165) is 13.1 Å². The Morgan fingerprint density at radius 3 is 0.791 bits per heavy atom. The fraction of sp³-hybridized carbons (Fsp3) is 0.889. The molecule has 0 bridgehead atoms. The van der Waals surface area contributed by atoms with Crippen molar-refractivity contribution in [3.63, 3.8) is 0 Å². The Balaban J connectivity index is -0.000000642. The van der Waals surface area contributed by atoms with E-state index in [1.807, 2.05) is 0 Å². The van der Waals surface area contributed by atoms with E-state index in [2.05, 4.69) is 38.2 Å². The molecule has 0 spiro atoms. The van der Waals surface area contributed by atoms with Crippen LogP contribution < -0.4 is 11.5 Å². The first kappa shape index (κ1) is 46.7. The molecule has 0 aliphatic heterocycles. The van der Waals surface area contributed by atoms with Crippen LogP contribution >= 0.6 is 0 Å². The molecule has 7 heteroatoms. The fourth-order valence-electron chi connectivity index (χ4n) is 4.78. The average Bonchev–Trinajstić information content (AvgIpc) is 2.97. The lowest BCUT2D eigenvalue weighted by Crippen LogP contribution is -1.97. The molecule has 6 nitrogen and oxygen atoms in total. The zero-order valence-corrected chi connectivity index (χ0v) is 29.6. The molecule has 6 N–H and O–H groups in total. The lowest BCUT2D eigenvalue weighted by molar-refractivity contribution is 0.381. The molecule has 0 heterocycles. The summed E-state index contributed by atoms with van der Waals surface area (Å²) < 4.78 is 31.6. The quantitative estimate of drug-likeness (QED) is 0.0354. The van der Waals surface area contributed by atoms with Gasteiger partial charge in [0.15, 0.2) is 0 Å². The van der Waals surface area contributed by atoms with E-state index in [0.29, 0.717) is 0 Å². The first-order valence-corrected chi connectivity index (χ1v) is 19.6. The minimum Gasteiger partial charge on any atom is -0.330 e. The molecule has 0 rings (SSSR count). The summed E-state index contributed by atoms with van der Waals surface area (Å²) in [6.07, 6.45) is 47.8. The summed E-state index contributed by atoms with van der Waals surface area (Å²) in [5.41, 5.74) is 10.9. The SMILES string of the molecule is CCCCCCCCC=CCCCCCCCCN.CCCCCCCCC=CCCCCCCCCN.O=S(=O)(O)O. The van der Waals surface area contributed by atoms with Gasteiger partial charge in [-0.2, -0.15) is 8.42 Å². The van der Waals surface area contributed by atoms with Gasteiger partial charge in [-0.15, -0.1) is 0 Å². The predicted octanol–water partition coefficient (Wildman–Crippen LogP) is 11.3. The van der Waals surface area contributed by atoms with E-state index in [1.54, 1.807) is 0 Å². The van der Waals surface area contributed by atoms with Gasteiger partial charge in [0.05, 0.1) is 0 Å². The molecule has 0 unspecified atom stereocenters. The summed E-state index contributed by atoms with van der Waals surface area (Å²) in [6.45, 7) is 6.28. The second-order valence-electron chi connectivity index (χ2n) is 11.9. The van der Waals surface area contributed by atoms with Crippen LogP contribution in [0.15, 0.2) is 24.3 Å². The van der Waals surface area contributed by atoms with Crippen molar-refractivity contribution >= 4 is 10.4 Å². The topological polar surface area (TPSA) is 127 Å². The minimum atomic E-state index is -4.67. The smallest absolute Gasteiger partial charge is 0.330 e. The van der Waals surface area contributed by atoms with Crippen LogP contribution in [0.25, 0.3) is 0 Å². The van der Waals surface area contributed by atoms with Gasteiger partial charge in [0.1, 0.15) is 0 Å². The first-order valence-electron chi connectivity index (χ1n) is 18.2. The molecule has 0 saturated carbocycles. The molecule has 260 valence electrons. The van der Waals surface area contributed by atoms with Crippen LogP contribution in [0.2, 0.25) is 0 Å². The van der Waals surface area contributed by atoms with Gasteiger partial charge in [-0.25, -0.2) is 0 Å². The number of allylic oxidation sites excluding steroid dienone is 4. The van der Waals surface area contributed by atoms with Gasteiger partial charge in [0, 0.05) is 0 Å². The molecule has 0 saturated heterocycles. The summed E-state index contributed by atoms with van der Waals surface area (Å²) >= 11 is 0. The van der Waals surface area contributed by atoms with Crippen LogP contribution in [0.3, 0.4) is 0 Å². The van der Waals surface area contributed by atoms with Gasteiger partial charge in [0.25, 0.3) is 0 Å². The number of unbranched alkanes of at least 4 members (excludes halogenated alkanes) is 24. The summed E-state index contributed by atoms with van der Waals surface area (Å²) in [6, 6.07) is 0. The van der Waals surface area contributed by atoms with Crippen LogP contribution in [-0.4, -0.2) is 30.6 Å². The fourth-order valence-corrected chi connectivity index (χ4v) is 4.78. The van der Waals surface area contributed by atoms with Gasteiger partial charge >= 0.3 is 10.4 Å². The Morgan fingerprint density at radius 2 is 0.581 bits per heavy atom. The molecule has 0 aromatic carbocycles. The number of hydrogen-bond acceptors (Lipinski definition) is 4. The Labute approximate surface area is 269 Å². The second-order valence-corrected chi connectivity index (χ2v) is 12.8. The van der Waals surface area contributed by atoms with Gasteiger partial charge in [-0.1, -0.05) is 154 Å². The average molecular weight is 633 g/mol. The Morgan fingerprint density at radius 1 is 0.395 bits per heavy atom. The zero-order chi connectivity index (χ0) is 32.5. The zero-order valence-electron chi connectivity index (χ0n) is 28.8. The molecular weight excluding hydrogens is 556 g/mol. The molecule has 0 amide bonds. The molecule has 0 atom stereocenters. The van der Waals surface area contributed by atoms with Gasteiger partial charge in [-0.05, 0) is 77.3 Å². The van der Waals surface area contributed by atoms with Crippen molar-refractivity contribution < 1.29 is 17.5 Å². The highest BCUT2D eigenvalue weighted by molar-refractivity contribution is 7.79. The van der Waals surface area contributed by atoms with Crippen LogP contribution in [0, 0.1) is 0 Å². The summed E-state index contributed by atoms with van der Waals surface area (Å²) in [4.78, 5) is 0. The van der Waals surface area contributed by atoms with Crippen molar-refractivity contribution in [2.45, 2.75) is 194 Å². The summed E-state index contributed by atoms with van der Waals surface area (Å²) in [5, 5.41) is 0. The highest BCUT2D eigenvalue weighted by Gasteiger charge is 1.92. The molecule has 0 aromatic heterocycles. The van der Waals surface area contributed by atoms with Crippen molar-refractivity contribution in [2.75, 3.05) is 13.1 Å². The van der Waals surface area contributed by atoms with E-state index in [4.69, 9.17) is 29.0 Å². The van der Waals surface area contributed by atoms with E-state index in [9.17, 15) is 0 Å². The van der Waals surface area contributed by atoms with E-state index >= 15 is 0 Å². The molecule has 0 aliphatic rings. The molecular formula is C36H76N2O4S. The third kappa shape index (κ3) is 65.1. The third-order valence-electron chi connectivity index (χ3n) is 7.43. The second kappa shape index (κ2) is 43.4. The van der Waals surface area contributed by atoms with E-state index in [-0.39, 0.29) is 0 Å². The number of rotatable bonds is 30. The van der Waals surface area contributed by atoms with Crippen molar-refractivity contribution in [1.29, 1.82) is 0 Å². The van der Waals surface area contributed by atoms with Gasteiger partial charge in [0.2, 0.25) is 0 Å². The van der Waals surface area contributed by atoms with Crippen LogP contribution in [0.1, 0.15) is 194 Å². The van der Waals surface area contributed by atoms with Crippen LogP contribution in [-0.2, 0) is 10.4 Å². The largest absolute Gasteiger partial charge is 0.394 e. The number of nitrogens with two attached hydrogens (primary N) is 2. The third-order valence-corrected chi connectivity index (χ3v) is 7.43. The lowest BCUT2D eigenvalue weighted by Gasteiger charge is -1.99. The predicted molar refractivity (Wildman–Crippen MR) is 191 cm³/mol. The maximum absolute atomic E-state index is 8.74. The Hall–Kier alpha value is -0.730. The normalized spacial score (nSPS) is 11.5. The number of hydrogen-bond donors (Lipinski definition) is 4. The highest BCUT2D eigenvalue weighted by atomic mass is 32.3. The lowest BCUT2D eigenvalue weighted by atomic mass is 10.1. The summed E-state index contributed by atoms with van der Waals surface area (Å²) in [5.74, 6) is 0. The molecule has 43 heavy (non-hydrogen) atoms. The monoisotopic (exact) mass is 633 g/mol. The molecule has 0 aromatic rings. The van der Waals surface area contributed by atoms with Crippen molar-refractivity contribution in [2.24, 2.45) is 11.5 Å². The van der Waals surface area contributed by atoms with E-state index in [1.165, 1.54) is 180 Å². The standard InChI is InChI=1S/2C18H37N.H2O4S/c2*1-2-3-4-5-6-7-8-9-10-11-12-13-14-15-16-17-18-19;1-5(2,3)4/h2*9-10H,2-8,11-19H2,1H3;(H2,1,2,3,4). The maximum Gasteiger partial charge on any atom is 0.394 e. The van der Waals surface area contributed by atoms with E-state index < -0.39 is 10.4 Å². The Kier molecular flexibility index (Phi) is 47.1. The highest BCUT2D eigenvalue weighted by Crippen LogP contribution is 2.11. The first-order chi connectivity index (χ1) is 20.8. The van der Waals surface area contributed by atoms with Crippen LogP contribution in [0.5, 0.6) is 0 Å². The van der Waals surface area contributed by atoms with Gasteiger partial charge < -0.3 is 11.5 Å². The minimum absolute atomic E-state index is 0.862. The van der Waals surface area contributed by atoms with Crippen molar-refractivity contribution in [3.8, 4) is 0 Å². The summed E-state index contributed by atoms with van der Waals surface area (Å²) in [7, 11) is -4.67. The molecule has 0 aliphatic carbocycles. The molecule has 0 radical (unpaired) electrons. The van der Waals surface area contributed by atoms with Gasteiger partial charge in [-0.3, -0.25) is 9.11 Å².